The summed E-state index contributed by atoms with van der Waals surface area (Å²) < 4.78 is 32.2. The van der Waals surface area contributed by atoms with Crippen molar-refractivity contribution in [2.75, 3.05) is 20.2 Å². The van der Waals surface area contributed by atoms with Gasteiger partial charge in [0.1, 0.15) is 0 Å². The third-order valence-corrected chi connectivity index (χ3v) is 6.14. The minimum Gasteiger partial charge on any atom is -0.389 e. The van der Waals surface area contributed by atoms with Gasteiger partial charge in [-0.2, -0.15) is 4.31 Å². The summed E-state index contributed by atoms with van der Waals surface area (Å²) in [5, 5.41) is 12.0. The number of hydrogen-bond donors (Lipinski definition) is 1. The van der Waals surface area contributed by atoms with Gasteiger partial charge in [-0.1, -0.05) is 60.7 Å². The Bertz CT molecular complexity index is 989. The van der Waals surface area contributed by atoms with Crippen LogP contribution in [0.1, 0.15) is 5.56 Å². The molecular formula is C21H23NO4S. The highest BCUT2D eigenvalue weighted by Crippen LogP contribution is 2.21. The third kappa shape index (κ3) is 4.93. The number of likely N-dealkylation sites (N-methyl/N-ethyl adjacent to an activating group) is 1. The van der Waals surface area contributed by atoms with Crippen LogP contribution >= 0.6 is 0 Å². The van der Waals surface area contributed by atoms with Gasteiger partial charge < -0.3 is 9.84 Å². The van der Waals surface area contributed by atoms with E-state index in [4.69, 9.17) is 4.74 Å². The number of aliphatic hydroxyl groups is 1. The summed E-state index contributed by atoms with van der Waals surface area (Å²) in [5.74, 6) is 0. The highest BCUT2D eigenvalue weighted by molar-refractivity contribution is 7.89. The maximum absolute atomic E-state index is 12.8. The lowest BCUT2D eigenvalue weighted by atomic mass is 10.1. The van der Waals surface area contributed by atoms with Crippen LogP contribution in [0, 0.1) is 0 Å². The molecule has 3 aromatic carbocycles. The molecule has 3 aromatic rings. The van der Waals surface area contributed by atoms with Gasteiger partial charge in [0, 0.05) is 13.6 Å². The first-order valence-electron chi connectivity index (χ1n) is 8.72. The van der Waals surface area contributed by atoms with Gasteiger partial charge in [-0.3, -0.25) is 0 Å². The van der Waals surface area contributed by atoms with E-state index in [1.54, 1.807) is 18.2 Å². The molecule has 3 rings (SSSR count). The zero-order valence-corrected chi connectivity index (χ0v) is 16.0. The molecule has 0 bridgehead atoms. The zero-order valence-electron chi connectivity index (χ0n) is 15.2. The van der Waals surface area contributed by atoms with Crippen LogP contribution in [0.15, 0.2) is 77.7 Å². The first kappa shape index (κ1) is 19.5. The van der Waals surface area contributed by atoms with Gasteiger partial charge >= 0.3 is 0 Å². The Morgan fingerprint density at radius 3 is 2.37 bits per heavy atom. The van der Waals surface area contributed by atoms with E-state index in [1.165, 1.54) is 7.05 Å². The van der Waals surface area contributed by atoms with E-state index in [0.29, 0.717) is 6.61 Å². The number of benzene rings is 3. The number of sulfonamides is 1. The Kier molecular flexibility index (Phi) is 6.23. The standard InChI is InChI=1S/C21H23NO4S/c1-22(14-20(23)16-26-15-17-7-3-2-4-8-17)27(24,25)21-12-11-18-9-5-6-10-19(18)13-21/h2-13,20,23H,14-16H2,1H3/t20-/m1/s1. The lowest BCUT2D eigenvalue weighted by molar-refractivity contribution is 0.0222. The summed E-state index contributed by atoms with van der Waals surface area (Å²) in [6.07, 6.45) is -0.908. The van der Waals surface area contributed by atoms with Gasteiger partial charge in [0.25, 0.3) is 0 Å². The molecule has 0 heterocycles. The van der Waals surface area contributed by atoms with E-state index in [2.05, 4.69) is 0 Å². The second-order valence-electron chi connectivity index (χ2n) is 6.45. The molecule has 0 radical (unpaired) electrons. The number of nitrogens with zero attached hydrogens (tertiary/aromatic N) is 1. The minimum atomic E-state index is -3.68. The van der Waals surface area contributed by atoms with E-state index in [1.807, 2.05) is 54.6 Å². The topological polar surface area (TPSA) is 66.8 Å². The molecule has 142 valence electrons. The van der Waals surface area contributed by atoms with Crippen molar-refractivity contribution in [3.63, 3.8) is 0 Å². The van der Waals surface area contributed by atoms with E-state index in [-0.39, 0.29) is 18.0 Å². The van der Waals surface area contributed by atoms with Gasteiger partial charge in [0.15, 0.2) is 0 Å². The summed E-state index contributed by atoms with van der Waals surface area (Å²) in [5.41, 5.74) is 1.00. The lowest BCUT2D eigenvalue weighted by Gasteiger charge is -2.21. The number of hydrogen-bond acceptors (Lipinski definition) is 4. The lowest BCUT2D eigenvalue weighted by Crippen LogP contribution is -2.36. The molecule has 27 heavy (non-hydrogen) atoms. The second-order valence-corrected chi connectivity index (χ2v) is 8.49. The molecule has 0 aliphatic heterocycles. The van der Waals surface area contributed by atoms with Gasteiger partial charge in [-0.15, -0.1) is 0 Å². The summed E-state index contributed by atoms with van der Waals surface area (Å²) in [4.78, 5) is 0.209. The van der Waals surface area contributed by atoms with E-state index in [9.17, 15) is 13.5 Å². The monoisotopic (exact) mass is 385 g/mol. The van der Waals surface area contributed by atoms with Gasteiger partial charge in [-0.05, 0) is 28.5 Å². The number of ether oxygens (including phenoxy) is 1. The molecule has 0 saturated carbocycles. The molecule has 1 atom stereocenters. The molecular weight excluding hydrogens is 362 g/mol. The van der Waals surface area contributed by atoms with Crippen molar-refractivity contribution in [2.24, 2.45) is 0 Å². The van der Waals surface area contributed by atoms with Crippen molar-refractivity contribution in [2.45, 2.75) is 17.6 Å². The van der Waals surface area contributed by atoms with Crippen molar-refractivity contribution in [3.8, 4) is 0 Å². The Hall–Kier alpha value is -2.25. The van der Waals surface area contributed by atoms with E-state index in [0.717, 1.165) is 20.6 Å². The zero-order chi connectivity index (χ0) is 19.3. The maximum atomic E-state index is 12.8. The molecule has 1 N–H and O–H groups in total. The number of aliphatic hydroxyl groups excluding tert-OH is 1. The van der Waals surface area contributed by atoms with Gasteiger partial charge in [-0.25, -0.2) is 8.42 Å². The average molecular weight is 385 g/mol. The molecule has 0 aliphatic carbocycles. The van der Waals surface area contributed by atoms with Crippen LogP contribution in [0.25, 0.3) is 10.8 Å². The molecule has 5 nitrogen and oxygen atoms in total. The Morgan fingerprint density at radius 1 is 0.963 bits per heavy atom. The molecule has 6 heteroatoms. The van der Waals surface area contributed by atoms with E-state index >= 15 is 0 Å². The predicted molar refractivity (Wildman–Crippen MR) is 106 cm³/mol. The maximum Gasteiger partial charge on any atom is 0.242 e. The highest BCUT2D eigenvalue weighted by Gasteiger charge is 2.23. The molecule has 0 aromatic heterocycles. The summed E-state index contributed by atoms with van der Waals surface area (Å²) in [7, 11) is -2.22. The largest absolute Gasteiger partial charge is 0.389 e. The molecule has 0 amide bonds. The fourth-order valence-electron chi connectivity index (χ4n) is 2.84. The van der Waals surface area contributed by atoms with Crippen molar-refractivity contribution >= 4 is 20.8 Å². The van der Waals surface area contributed by atoms with Crippen molar-refractivity contribution in [3.05, 3.63) is 78.4 Å². The molecule has 0 unspecified atom stereocenters. The van der Waals surface area contributed by atoms with Crippen LogP contribution in [0.4, 0.5) is 0 Å². The number of fused-ring (bicyclic) bond motifs is 1. The fraction of sp³-hybridized carbons (Fsp3) is 0.238. The van der Waals surface area contributed by atoms with Crippen LogP contribution in [0.2, 0.25) is 0 Å². The highest BCUT2D eigenvalue weighted by atomic mass is 32.2. The van der Waals surface area contributed by atoms with Crippen LogP contribution < -0.4 is 0 Å². The molecule has 0 spiro atoms. The smallest absolute Gasteiger partial charge is 0.242 e. The van der Waals surface area contributed by atoms with Crippen molar-refractivity contribution in [1.82, 2.24) is 4.31 Å². The predicted octanol–water partition coefficient (Wildman–Crippen LogP) is 3.04. The van der Waals surface area contributed by atoms with Crippen LogP contribution in [0.5, 0.6) is 0 Å². The van der Waals surface area contributed by atoms with Gasteiger partial charge in [0.05, 0.1) is 24.2 Å². The van der Waals surface area contributed by atoms with Crippen LogP contribution in [-0.2, 0) is 21.4 Å². The first-order valence-corrected chi connectivity index (χ1v) is 10.2. The second kappa shape index (κ2) is 8.63. The molecule has 0 saturated heterocycles. The SMILES string of the molecule is CN(C[C@@H](O)COCc1ccccc1)S(=O)(=O)c1ccc2ccccc2c1. The molecule has 0 fully saturated rings. The van der Waals surface area contributed by atoms with Gasteiger partial charge in [0.2, 0.25) is 10.0 Å². The Labute approximate surface area is 159 Å². The third-order valence-electron chi connectivity index (χ3n) is 4.32. The summed E-state index contributed by atoms with van der Waals surface area (Å²) in [6, 6.07) is 22.2. The normalized spacial score (nSPS) is 13.1. The van der Waals surface area contributed by atoms with Crippen molar-refractivity contribution < 1.29 is 18.3 Å². The molecule has 0 aliphatic rings. The van der Waals surface area contributed by atoms with Crippen LogP contribution in [-0.4, -0.2) is 44.1 Å². The first-order chi connectivity index (χ1) is 13.0. The average Bonchev–Trinajstić information content (AvgIpc) is 2.68. The summed E-state index contributed by atoms with van der Waals surface area (Å²) >= 11 is 0. The number of rotatable bonds is 8. The van der Waals surface area contributed by atoms with Crippen LogP contribution in [0.3, 0.4) is 0 Å². The summed E-state index contributed by atoms with van der Waals surface area (Å²) in [6.45, 7) is 0.398. The van der Waals surface area contributed by atoms with E-state index < -0.39 is 16.1 Å². The Balaban J connectivity index is 1.60. The Morgan fingerprint density at radius 2 is 1.63 bits per heavy atom. The van der Waals surface area contributed by atoms with Crippen molar-refractivity contribution in [1.29, 1.82) is 0 Å². The fourth-order valence-corrected chi connectivity index (χ4v) is 4.09. The minimum absolute atomic E-state index is 0.0377. The quantitative estimate of drug-likeness (QED) is 0.647.